The number of aliphatic carboxylic acids is 1. The molecule has 0 heterocycles. The fraction of sp³-hybridized carbons (Fsp3) is 0.778. The van der Waals surface area contributed by atoms with Crippen molar-refractivity contribution in [3.05, 3.63) is 0 Å². The first-order valence-corrected chi connectivity index (χ1v) is 6.86. The summed E-state index contributed by atoms with van der Waals surface area (Å²) in [6, 6.07) is -0.549. The topological polar surface area (TPSA) is 101 Å². The van der Waals surface area contributed by atoms with Crippen LogP contribution in [0.3, 0.4) is 0 Å². The van der Waals surface area contributed by atoms with E-state index in [1.54, 1.807) is 13.8 Å². The van der Waals surface area contributed by atoms with Crippen LogP contribution in [0.4, 0.5) is 0 Å². The molecule has 0 radical (unpaired) electrons. The summed E-state index contributed by atoms with van der Waals surface area (Å²) in [4.78, 5) is 21.8. The van der Waals surface area contributed by atoms with Gasteiger partial charge in [-0.2, -0.15) is 0 Å². The van der Waals surface area contributed by atoms with Crippen LogP contribution >= 0.6 is 0 Å². The largest absolute Gasteiger partial charge is 0.481 e. The Labute approximate surface area is 95.0 Å². The van der Waals surface area contributed by atoms with Gasteiger partial charge < -0.3 is 10.4 Å². The molecule has 0 aliphatic heterocycles. The third kappa shape index (κ3) is 7.22. The van der Waals surface area contributed by atoms with Gasteiger partial charge >= 0.3 is 5.97 Å². The van der Waals surface area contributed by atoms with E-state index in [2.05, 4.69) is 5.32 Å². The molecular weight excluding hydrogens is 234 g/mol. The highest BCUT2D eigenvalue weighted by atomic mass is 32.2. The average Bonchev–Trinajstić information content (AvgIpc) is 1.97. The molecule has 0 aromatic heterocycles. The highest BCUT2D eigenvalue weighted by Crippen LogP contribution is 2.06. The van der Waals surface area contributed by atoms with Gasteiger partial charge in [-0.1, -0.05) is 13.8 Å². The number of nitrogens with one attached hydrogen (secondary N) is 1. The Bertz CT molecular complexity index is 360. The van der Waals surface area contributed by atoms with Crippen LogP contribution in [0.15, 0.2) is 0 Å². The van der Waals surface area contributed by atoms with Gasteiger partial charge in [0.1, 0.15) is 5.75 Å². The minimum Gasteiger partial charge on any atom is -0.481 e. The van der Waals surface area contributed by atoms with Crippen molar-refractivity contribution in [1.29, 1.82) is 0 Å². The lowest BCUT2D eigenvalue weighted by Gasteiger charge is -2.20. The van der Waals surface area contributed by atoms with Gasteiger partial charge in [0, 0.05) is 12.3 Å². The molecule has 0 fully saturated rings. The van der Waals surface area contributed by atoms with Gasteiger partial charge in [0.05, 0.1) is 6.42 Å². The Balaban J connectivity index is 4.41. The van der Waals surface area contributed by atoms with Crippen LogP contribution in [-0.4, -0.2) is 43.5 Å². The molecule has 1 unspecified atom stereocenters. The van der Waals surface area contributed by atoms with E-state index in [0.29, 0.717) is 0 Å². The number of hydrogen-bond acceptors (Lipinski definition) is 4. The molecule has 0 aliphatic carbocycles. The van der Waals surface area contributed by atoms with Crippen LogP contribution in [0, 0.1) is 5.92 Å². The lowest BCUT2D eigenvalue weighted by Crippen LogP contribution is -2.42. The van der Waals surface area contributed by atoms with Gasteiger partial charge in [-0.25, -0.2) is 8.42 Å². The SMILES string of the molecule is CC(C)C(CC(=O)O)NC(=O)CS(C)(=O)=O. The Morgan fingerprint density at radius 3 is 2.12 bits per heavy atom. The Morgan fingerprint density at radius 1 is 1.31 bits per heavy atom. The highest BCUT2D eigenvalue weighted by molar-refractivity contribution is 7.91. The minimum atomic E-state index is -3.38. The Kier molecular flexibility index (Phi) is 5.43. The Morgan fingerprint density at radius 2 is 1.81 bits per heavy atom. The molecule has 0 rings (SSSR count). The van der Waals surface area contributed by atoms with Crippen molar-refractivity contribution in [1.82, 2.24) is 5.32 Å². The molecule has 0 aromatic carbocycles. The Hall–Kier alpha value is -1.11. The summed E-state index contributed by atoms with van der Waals surface area (Å²) in [5.74, 6) is -2.38. The highest BCUT2D eigenvalue weighted by Gasteiger charge is 2.21. The zero-order chi connectivity index (χ0) is 12.9. The van der Waals surface area contributed by atoms with E-state index >= 15 is 0 Å². The quantitative estimate of drug-likeness (QED) is 0.671. The normalized spacial score (nSPS) is 13.5. The third-order valence-corrected chi connectivity index (χ3v) is 2.73. The van der Waals surface area contributed by atoms with Gasteiger partial charge in [0.2, 0.25) is 5.91 Å². The first kappa shape index (κ1) is 14.9. The maximum absolute atomic E-state index is 11.3. The first-order chi connectivity index (χ1) is 7.11. The number of sulfone groups is 1. The second-order valence-electron chi connectivity index (χ2n) is 4.09. The van der Waals surface area contributed by atoms with Crippen molar-refractivity contribution in [3.63, 3.8) is 0 Å². The van der Waals surface area contributed by atoms with E-state index in [1.807, 2.05) is 0 Å². The lowest BCUT2D eigenvalue weighted by atomic mass is 10.0. The molecule has 0 aromatic rings. The molecule has 1 amide bonds. The van der Waals surface area contributed by atoms with Crippen LogP contribution in [0.5, 0.6) is 0 Å². The number of rotatable bonds is 6. The molecule has 0 aliphatic rings. The molecule has 0 spiro atoms. The lowest BCUT2D eigenvalue weighted by molar-refractivity contribution is -0.138. The molecule has 0 bridgehead atoms. The molecule has 0 saturated carbocycles. The number of carbonyl (C=O) groups excluding carboxylic acids is 1. The molecule has 2 N–H and O–H groups in total. The summed E-state index contributed by atoms with van der Waals surface area (Å²) in [6.45, 7) is 3.52. The third-order valence-electron chi connectivity index (χ3n) is 1.94. The zero-order valence-electron chi connectivity index (χ0n) is 9.56. The smallest absolute Gasteiger partial charge is 0.305 e. The van der Waals surface area contributed by atoms with E-state index in [0.717, 1.165) is 6.26 Å². The monoisotopic (exact) mass is 251 g/mol. The molecular formula is C9H17NO5S. The fourth-order valence-corrected chi connectivity index (χ4v) is 1.69. The summed E-state index contributed by atoms with van der Waals surface area (Å²) in [7, 11) is -3.38. The van der Waals surface area contributed by atoms with Gasteiger partial charge in [-0.05, 0) is 5.92 Å². The molecule has 16 heavy (non-hydrogen) atoms. The summed E-state index contributed by atoms with van der Waals surface area (Å²) in [5.41, 5.74) is 0. The molecule has 6 nitrogen and oxygen atoms in total. The van der Waals surface area contributed by atoms with Gasteiger partial charge in [-0.15, -0.1) is 0 Å². The van der Waals surface area contributed by atoms with E-state index in [-0.39, 0.29) is 12.3 Å². The fourth-order valence-electron chi connectivity index (χ4n) is 1.13. The van der Waals surface area contributed by atoms with Crippen molar-refractivity contribution < 1.29 is 23.1 Å². The van der Waals surface area contributed by atoms with Crippen molar-refractivity contribution in [2.45, 2.75) is 26.3 Å². The number of amides is 1. The van der Waals surface area contributed by atoms with Gasteiger partial charge in [0.25, 0.3) is 0 Å². The molecule has 0 saturated heterocycles. The minimum absolute atomic E-state index is 0.0698. The van der Waals surface area contributed by atoms with Crippen LogP contribution in [-0.2, 0) is 19.4 Å². The second kappa shape index (κ2) is 5.83. The van der Waals surface area contributed by atoms with Crippen molar-refractivity contribution in [2.24, 2.45) is 5.92 Å². The summed E-state index contributed by atoms with van der Waals surface area (Å²) in [5, 5.41) is 11.0. The maximum atomic E-state index is 11.3. The first-order valence-electron chi connectivity index (χ1n) is 4.80. The number of hydrogen-bond donors (Lipinski definition) is 2. The number of carboxylic acid groups (broad SMARTS) is 1. The van der Waals surface area contributed by atoms with E-state index in [1.165, 1.54) is 0 Å². The standard InChI is InChI=1S/C9H17NO5S/c1-6(2)7(4-9(12)13)10-8(11)5-16(3,14)15/h6-7H,4-5H2,1-3H3,(H,10,11)(H,12,13). The predicted octanol–water partition coefficient (Wildman–Crippen LogP) is -0.353. The second-order valence-corrected chi connectivity index (χ2v) is 6.23. The molecule has 7 heteroatoms. The summed E-state index contributed by atoms with van der Waals surface area (Å²) < 4.78 is 21.7. The zero-order valence-corrected chi connectivity index (χ0v) is 10.4. The summed E-state index contributed by atoms with van der Waals surface area (Å²) >= 11 is 0. The van der Waals surface area contributed by atoms with Crippen molar-refractivity contribution in [2.75, 3.05) is 12.0 Å². The predicted molar refractivity (Wildman–Crippen MR) is 58.7 cm³/mol. The van der Waals surface area contributed by atoms with Gasteiger partial charge in [0.15, 0.2) is 9.84 Å². The number of carbonyl (C=O) groups is 2. The van der Waals surface area contributed by atoms with Crippen LogP contribution in [0.25, 0.3) is 0 Å². The summed E-state index contributed by atoms with van der Waals surface area (Å²) in [6.07, 6.45) is 0.737. The maximum Gasteiger partial charge on any atom is 0.305 e. The van der Waals surface area contributed by atoms with E-state index in [9.17, 15) is 18.0 Å². The van der Waals surface area contributed by atoms with Crippen LogP contribution < -0.4 is 5.32 Å². The van der Waals surface area contributed by atoms with E-state index < -0.39 is 33.5 Å². The van der Waals surface area contributed by atoms with Crippen LogP contribution in [0.1, 0.15) is 20.3 Å². The van der Waals surface area contributed by atoms with Crippen LogP contribution in [0.2, 0.25) is 0 Å². The molecule has 94 valence electrons. The molecule has 1 atom stereocenters. The van der Waals surface area contributed by atoms with E-state index in [4.69, 9.17) is 5.11 Å². The average molecular weight is 251 g/mol. The number of carboxylic acids is 1. The van der Waals surface area contributed by atoms with Gasteiger partial charge in [-0.3, -0.25) is 9.59 Å². The van der Waals surface area contributed by atoms with Crippen molar-refractivity contribution in [3.8, 4) is 0 Å². The van der Waals surface area contributed by atoms with Crippen molar-refractivity contribution >= 4 is 21.7 Å².